The van der Waals surface area contributed by atoms with E-state index < -0.39 is 0 Å². The Balaban J connectivity index is 1.54. The fourth-order valence-corrected chi connectivity index (χ4v) is 4.11. The predicted molar refractivity (Wildman–Crippen MR) is 78.1 cm³/mol. The molecule has 21 heavy (non-hydrogen) atoms. The zero-order valence-electron chi connectivity index (χ0n) is 12.1. The Morgan fingerprint density at radius 2 is 2.05 bits per heavy atom. The van der Waals surface area contributed by atoms with Crippen molar-refractivity contribution >= 4 is 5.91 Å². The Labute approximate surface area is 124 Å². The van der Waals surface area contributed by atoms with E-state index >= 15 is 0 Å². The summed E-state index contributed by atoms with van der Waals surface area (Å²) in [5.74, 6) is 1.01. The van der Waals surface area contributed by atoms with Gasteiger partial charge in [0.2, 0.25) is 5.91 Å². The van der Waals surface area contributed by atoms with E-state index in [1.165, 1.54) is 12.5 Å². The normalized spacial score (nSPS) is 30.6. The first-order valence-electron chi connectivity index (χ1n) is 7.82. The van der Waals surface area contributed by atoms with Gasteiger partial charge in [0, 0.05) is 25.0 Å². The molecule has 2 N–H and O–H groups in total. The summed E-state index contributed by atoms with van der Waals surface area (Å²) in [4.78, 5) is 12.1. The summed E-state index contributed by atoms with van der Waals surface area (Å²) in [7, 11) is 0. The van der Waals surface area contributed by atoms with Gasteiger partial charge in [0.05, 0.1) is 0 Å². The highest BCUT2D eigenvalue weighted by molar-refractivity contribution is 5.76. The van der Waals surface area contributed by atoms with E-state index in [2.05, 4.69) is 5.32 Å². The molecule has 4 heteroatoms. The fraction of sp³-hybridized carbons (Fsp3) is 0.588. The molecule has 0 radical (unpaired) electrons. The Bertz CT molecular complexity index is 519. The molecular weight excluding hydrogens is 269 g/mol. The SMILES string of the molecule is O=C(CCc1ccccc1F)NC1C2CCC(C2)C1CO. The number of nitrogens with one attached hydrogen (secondary N) is 1. The van der Waals surface area contributed by atoms with Gasteiger partial charge in [0.1, 0.15) is 5.82 Å². The minimum Gasteiger partial charge on any atom is -0.396 e. The number of carbonyl (C=O) groups is 1. The van der Waals surface area contributed by atoms with Crippen LogP contribution in [0, 0.1) is 23.6 Å². The lowest BCUT2D eigenvalue weighted by Crippen LogP contribution is -2.45. The summed E-state index contributed by atoms with van der Waals surface area (Å²) in [6.45, 7) is 0.152. The maximum atomic E-state index is 13.5. The second kappa shape index (κ2) is 6.14. The average Bonchev–Trinajstić information content (AvgIpc) is 3.07. The number of aryl methyl sites for hydroxylation is 1. The summed E-state index contributed by atoms with van der Waals surface area (Å²) in [5.41, 5.74) is 0.583. The molecule has 114 valence electrons. The van der Waals surface area contributed by atoms with Crippen molar-refractivity contribution in [1.29, 1.82) is 0 Å². The summed E-state index contributed by atoms with van der Waals surface area (Å²) < 4.78 is 13.5. The number of rotatable bonds is 5. The van der Waals surface area contributed by atoms with Crippen molar-refractivity contribution < 1.29 is 14.3 Å². The van der Waals surface area contributed by atoms with E-state index in [9.17, 15) is 14.3 Å². The molecule has 0 spiro atoms. The fourth-order valence-electron chi connectivity index (χ4n) is 4.11. The van der Waals surface area contributed by atoms with E-state index in [0.717, 1.165) is 12.8 Å². The van der Waals surface area contributed by atoms with Gasteiger partial charge in [-0.2, -0.15) is 0 Å². The molecule has 4 unspecified atom stereocenters. The highest BCUT2D eigenvalue weighted by Gasteiger charge is 2.47. The van der Waals surface area contributed by atoms with Crippen LogP contribution in [0.15, 0.2) is 24.3 Å². The molecule has 1 aromatic carbocycles. The molecule has 2 aliphatic carbocycles. The maximum absolute atomic E-state index is 13.5. The van der Waals surface area contributed by atoms with Crippen LogP contribution >= 0.6 is 0 Å². The number of aliphatic hydroxyl groups excluding tert-OH is 1. The molecule has 1 amide bonds. The second-order valence-electron chi connectivity index (χ2n) is 6.36. The maximum Gasteiger partial charge on any atom is 0.220 e. The number of amides is 1. The molecule has 4 atom stereocenters. The lowest BCUT2D eigenvalue weighted by atomic mass is 9.85. The van der Waals surface area contributed by atoms with Crippen LogP contribution in [-0.2, 0) is 11.2 Å². The number of carbonyl (C=O) groups excluding carboxylic acids is 1. The van der Waals surface area contributed by atoms with Gasteiger partial charge in [-0.25, -0.2) is 4.39 Å². The van der Waals surface area contributed by atoms with Crippen molar-refractivity contribution in [2.75, 3.05) is 6.61 Å². The molecule has 0 aromatic heterocycles. The first kappa shape index (κ1) is 14.5. The number of fused-ring (bicyclic) bond motifs is 2. The summed E-state index contributed by atoms with van der Waals surface area (Å²) in [6.07, 6.45) is 4.18. The van der Waals surface area contributed by atoms with Crippen LogP contribution in [-0.4, -0.2) is 23.7 Å². The molecular formula is C17H22FNO2. The Morgan fingerprint density at radius 3 is 2.81 bits per heavy atom. The van der Waals surface area contributed by atoms with Gasteiger partial charge in [-0.05, 0) is 49.1 Å². The number of hydrogen-bond donors (Lipinski definition) is 2. The summed E-state index contributed by atoms with van der Waals surface area (Å²) >= 11 is 0. The highest BCUT2D eigenvalue weighted by Crippen LogP contribution is 2.48. The Kier molecular flexibility index (Phi) is 4.24. The molecule has 2 aliphatic rings. The molecule has 1 aromatic rings. The average molecular weight is 291 g/mol. The van der Waals surface area contributed by atoms with Gasteiger partial charge in [0.15, 0.2) is 0 Å². The molecule has 0 heterocycles. The zero-order chi connectivity index (χ0) is 14.8. The number of benzene rings is 1. The Hall–Kier alpha value is -1.42. The lowest BCUT2D eigenvalue weighted by Gasteiger charge is -2.30. The number of aliphatic hydroxyl groups is 1. The van der Waals surface area contributed by atoms with E-state index in [1.807, 2.05) is 0 Å². The highest BCUT2D eigenvalue weighted by atomic mass is 19.1. The van der Waals surface area contributed by atoms with Crippen molar-refractivity contribution in [2.45, 2.75) is 38.1 Å². The minimum atomic E-state index is -0.251. The molecule has 2 bridgehead atoms. The quantitative estimate of drug-likeness (QED) is 0.874. The number of halogens is 1. The third-order valence-electron chi connectivity index (χ3n) is 5.21. The van der Waals surface area contributed by atoms with Crippen LogP contribution in [0.25, 0.3) is 0 Å². The van der Waals surface area contributed by atoms with Crippen molar-refractivity contribution in [1.82, 2.24) is 5.32 Å². The van der Waals surface area contributed by atoms with Crippen LogP contribution in [0.3, 0.4) is 0 Å². The van der Waals surface area contributed by atoms with E-state index in [0.29, 0.717) is 30.2 Å². The van der Waals surface area contributed by atoms with Crippen molar-refractivity contribution in [2.24, 2.45) is 17.8 Å². The predicted octanol–water partition coefficient (Wildman–Crippen LogP) is 2.28. The lowest BCUT2D eigenvalue weighted by molar-refractivity contribution is -0.122. The van der Waals surface area contributed by atoms with Crippen molar-refractivity contribution in [3.63, 3.8) is 0 Å². The molecule has 2 saturated carbocycles. The monoisotopic (exact) mass is 291 g/mol. The van der Waals surface area contributed by atoms with E-state index in [4.69, 9.17) is 0 Å². The Morgan fingerprint density at radius 1 is 1.29 bits per heavy atom. The molecule has 0 saturated heterocycles. The summed E-state index contributed by atoms with van der Waals surface area (Å²) in [5, 5.41) is 12.6. The van der Waals surface area contributed by atoms with Crippen LogP contribution in [0.5, 0.6) is 0 Å². The number of hydrogen-bond acceptors (Lipinski definition) is 2. The van der Waals surface area contributed by atoms with Crippen LogP contribution < -0.4 is 5.32 Å². The first-order valence-corrected chi connectivity index (χ1v) is 7.82. The third kappa shape index (κ3) is 2.95. The molecule has 3 nitrogen and oxygen atoms in total. The largest absolute Gasteiger partial charge is 0.396 e. The molecule has 3 rings (SSSR count). The van der Waals surface area contributed by atoms with Gasteiger partial charge in [0.25, 0.3) is 0 Å². The molecule has 0 aliphatic heterocycles. The van der Waals surface area contributed by atoms with Gasteiger partial charge in [-0.3, -0.25) is 4.79 Å². The molecule has 2 fully saturated rings. The van der Waals surface area contributed by atoms with Crippen molar-refractivity contribution in [3.8, 4) is 0 Å². The van der Waals surface area contributed by atoms with E-state index in [-0.39, 0.29) is 30.3 Å². The topological polar surface area (TPSA) is 49.3 Å². The van der Waals surface area contributed by atoms with E-state index in [1.54, 1.807) is 18.2 Å². The van der Waals surface area contributed by atoms with Crippen LogP contribution in [0.1, 0.15) is 31.2 Å². The summed E-state index contributed by atoms with van der Waals surface area (Å²) in [6, 6.07) is 6.69. The minimum absolute atomic E-state index is 0.0331. The third-order valence-corrected chi connectivity index (χ3v) is 5.21. The van der Waals surface area contributed by atoms with Gasteiger partial charge < -0.3 is 10.4 Å². The van der Waals surface area contributed by atoms with Gasteiger partial charge >= 0.3 is 0 Å². The van der Waals surface area contributed by atoms with Gasteiger partial charge in [-0.1, -0.05) is 18.2 Å². The smallest absolute Gasteiger partial charge is 0.220 e. The van der Waals surface area contributed by atoms with Crippen LogP contribution in [0.4, 0.5) is 4.39 Å². The van der Waals surface area contributed by atoms with Crippen LogP contribution in [0.2, 0.25) is 0 Å². The van der Waals surface area contributed by atoms with Crippen molar-refractivity contribution in [3.05, 3.63) is 35.6 Å². The van der Waals surface area contributed by atoms with Gasteiger partial charge in [-0.15, -0.1) is 0 Å². The second-order valence-corrected chi connectivity index (χ2v) is 6.36. The zero-order valence-corrected chi connectivity index (χ0v) is 12.1. The standard InChI is InChI=1S/C17H22FNO2/c18-15-4-2-1-3-11(15)7-8-16(21)19-17-13-6-5-12(9-13)14(17)10-20/h1-4,12-14,17,20H,5-10H2,(H,19,21). The first-order chi connectivity index (χ1) is 10.2.